The standard InChI is InChI=1S/C32H31BrN2O3/c1-32(2,3)24-11-9-23(10-12-24)30(36)34-26-14-16-27(17-15-26)35-31(37)28-21-25(33)13-18-29(28)38-20-19-22-7-5-4-6-8-22/h4-18,21H,19-20H2,1-3H3,(H,34,36)(H,35,37). The molecule has 2 amide bonds. The molecule has 0 heterocycles. The molecule has 194 valence electrons. The molecule has 0 unspecified atom stereocenters. The van der Waals surface area contributed by atoms with E-state index in [4.69, 9.17) is 4.74 Å². The third-order valence-electron chi connectivity index (χ3n) is 6.09. The van der Waals surface area contributed by atoms with Gasteiger partial charge < -0.3 is 15.4 Å². The number of benzene rings is 4. The van der Waals surface area contributed by atoms with Crippen LogP contribution in [0.3, 0.4) is 0 Å². The Morgan fingerprint density at radius 2 is 1.37 bits per heavy atom. The Bertz CT molecular complexity index is 1390. The van der Waals surface area contributed by atoms with E-state index in [2.05, 4.69) is 47.3 Å². The fourth-order valence-electron chi connectivity index (χ4n) is 3.89. The van der Waals surface area contributed by atoms with Crippen molar-refractivity contribution in [3.8, 4) is 5.75 Å². The van der Waals surface area contributed by atoms with Crippen molar-refractivity contribution >= 4 is 39.1 Å². The topological polar surface area (TPSA) is 67.4 Å². The Morgan fingerprint density at radius 3 is 1.97 bits per heavy atom. The first-order valence-electron chi connectivity index (χ1n) is 12.5. The number of carbonyl (C=O) groups is 2. The number of halogens is 1. The molecule has 0 aliphatic rings. The van der Waals surface area contributed by atoms with Crippen molar-refractivity contribution in [2.75, 3.05) is 17.2 Å². The molecule has 0 fully saturated rings. The third-order valence-corrected chi connectivity index (χ3v) is 6.58. The van der Waals surface area contributed by atoms with Gasteiger partial charge in [0.2, 0.25) is 0 Å². The molecule has 0 saturated carbocycles. The summed E-state index contributed by atoms with van der Waals surface area (Å²) in [6.45, 7) is 6.87. The van der Waals surface area contributed by atoms with E-state index < -0.39 is 0 Å². The van der Waals surface area contributed by atoms with Gasteiger partial charge in [0.05, 0.1) is 12.2 Å². The van der Waals surface area contributed by atoms with Crippen molar-refractivity contribution in [1.82, 2.24) is 0 Å². The molecule has 0 spiro atoms. The van der Waals surface area contributed by atoms with E-state index in [1.807, 2.05) is 60.7 Å². The van der Waals surface area contributed by atoms with Crippen LogP contribution in [0.5, 0.6) is 5.75 Å². The zero-order valence-electron chi connectivity index (χ0n) is 21.8. The second kappa shape index (κ2) is 12.1. The van der Waals surface area contributed by atoms with Crippen LogP contribution in [0.15, 0.2) is 102 Å². The predicted molar refractivity (Wildman–Crippen MR) is 157 cm³/mol. The number of anilines is 2. The van der Waals surface area contributed by atoms with E-state index in [0.29, 0.717) is 34.9 Å². The van der Waals surface area contributed by atoms with E-state index in [0.717, 1.165) is 10.9 Å². The summed E-state index contributed by atoms with van der Waals surface area (Å²) in [6.07, 6.45) is 0.742. The SMILES string of the molecule is CC(C)(C)c1ccc(C(=O)Nc2ccc(NC(=O)c3cc(Br)ccc3OCCc3ccccc3)cc2)cc1. The van der Waals surface area contributed by atoms with Gasteiger partial charge in [0.25, 0.3) is 11.8 Å². The highest BCUT2D eigenvalue weighted by atomic mass is 79.9. The van der Waals surface area contributed by atoms with E-state index in [9.17, 15) is 9.59 Å². The van der Waals surface area contributed by atoms with Gasteiger partial charge in [-0.1, -0.05) is 79.2 Å². The largest absolute Gasteiger partial charge is 0.492 e. The molecule has 4 aromatic rings. The Kier molecular flexibility index (Phi) is 8.64. The van der Waals surface area contributed by atoms with Gasteiger partial charge in [0, 0.05) is 27.8 Å². The number of hydrogen-bond donors (Lipinski definition) is 2. The first-order chi connectivity index (χ1) is 18.2. The van der Waals surface area contributed by atoms with E-state index in [1.54, 1.807) is 36.4 Å². The van der Waals surface area contributed by atoms with Crippen LogP contribution in [0.2, 0.25) is 0 Å². The van der Waals surface area contributed by atoms with Crippen molar-refractivity contribution in [2.24, 2.45) is 0 Å². The van der Waals surface area contributed by atoms with Gasteiger partial charge in [-0.3, -0.25) is 9.59 Å². The zero-order valence-corrected chi connectivity index (χ0v) is 23.3. The lowest BCUT2D eigenvalue weighted by molar-refractivity contribution is 0.101. The van der Waals surface area contributed by atoms with Crippen molar-refractivity contribution in [3.05, 3.63) is 124 Å². The highest BCUT2D eigenvalue weighted by Crippen LogP contribution is 2.26. The minimum atomic E-state index is -0.281. The molecule has 0 radical (unpaired) electrons. The summed E-state index contributed by atoms with van der Waals surface area (Å²) in [7, 11) is 0. The summed E-state index contributed by atoms with van der Waals surface area (Å²) >= 11 is 3.44. The summed E-state index contributed by atoms with van der Waals surface area (Å²) < 4.78 is 6.74. The maximum absolute atomic E-state index is 13.1. The Morgan fingerprint density at radius 1 is 0.763 bits per heavy atom. The van der Waals surface area contributed by atoms with Crippen LogP contribution >= 0.6 is 15.9 Å². The highest BCUT2D eigenvalue weighted by Gasteiger charge is 2.16. The van der Waals surface area contributed by atoms with Gasteiger partial charge in [0.1, 0.15) is 5.75 Å². The summed E-state index contributed by atoms with van der Waals surface area (Å²) in [5.74, 6) is 0.0494. The van der Waals surface area contributed by atoms with E-state index >= 15 is 0 Å². The minimum Gasteiger partial charge on any atom is -0.492 e. The molecule has 5 nitrogen and oxygen atoms in total. The van der Waals surface area contributed by atoms with Crippen molar-refractivity contribution in [3.63, 3.8) is 0 Å². The van der Waals surface area contributed by atoms with Crippen LogP contribution in [-0.2, 0) is 11.8 Å². The normalized spacial score (nSPS) is 11.1. The summed E-state index contributed by atoms with van der Waals surface area (Å²) in [5.41, 5.74) is 4.64. The average molecular weight is 572 g/mol. The smallest absolute Gasteiger partial charge is 0.259 e. The van der Waals surface area contributed by atoms with Gasteiger partial charge in [-0.25, -0.2) is 0 Å². The molecule has 4 rings (SSSR count). The summed E-state index contributed by atoms with van der Waals surface area (Å²) in [5, 5.41) is 5.82. The lowest BCUT2D eigenvalue weighted by Gasteiger charge is -2.19. The van der Waals surface area contributed by atoms with Gasteiger partial charge in [-0.05, 0) is 71.1 Å². The Labute approximate surface area is 232 Å². The molecule has 0 bridgehead atoms. The highest BCUT2D eigenvalue weighted by molar-refractivity contribution is 9.10. The van der Waals surface area contributed by atoms with Crippen LogP contribution in [0.1, 0.15) is 52.6 Å². The van der Waals surface area contributed by atoms with Crippen LogP contribution in [0.4, 0.5) is 11.4 Å². The number of hydrogen-bond acceptors (Lipinski definition) is 3. The lowest BCUT2D eigenvalue weighted by Crippen LogP contribution is -2.15. The molecule has 38 heavy (non-hydrogen) atoms. The predicted octanol–water partition coefficient (Wildman–Crippen LogP) is 7.87. The molecule has 2 N–H and O–H groups in total. The molecule has 0 aliphatic carbocycles. The average Bonchev–Trinajstić information content (AvgIpc) is 2.90. The fraction of sp³-hybridized carbons (Fsp3) is 0.188. The molecule has 0 saturated heterocycles. The molecule has 0 aliphatic heterocycles. The number of ether oxygens (including phenoxy) is 1. The monoisotopic (exact) mass is 570 g/mol. The fourth-order valence-corrected chi connectivity index (χ4v) is 4.25. The van der Waals surface area contributed by atoms with Crippen LogP contribution in [-0.4, -0.2) is 18.4 Å². The second-order valence-corrected chi connectivity index (χ2v) is 11.0. The lowest BCUT2D eigenvalue weighted by atomic mass is 9.87. The second-order valence-electron chi connectivity index (χ2n) is 10.0. The number of amides is 2. The van der Waals surface area contributed by atoms with Crippen molar-refractivity contribution in [1.29, 1.82) is 0 Å². The quantitative estimate of drug-likeness (QED) is 0.226. The van der Waals surface area contributed by atoms with Crippen LogP contribution < -0.4 is 15.4 Å². The molecule has 0 aromatic heterocycles. The Hall–Kier alpha value is -3.90. The van der Waals surface area contributed by atoms with E-state index in [-0.39, 0.29) is 17.2 Å². The van der Waals surface area contributed by atoms with Gasteiger partial charge >= 0.3 is 0 Å². The number of carbonyl (C=O) groups excluding carboxylic acids is 2. The van der Waals surface area contributed by atoms with Gasteiger partial charge in [0.15, 0.2) is 0 Å². The van der Waals surface area contributed by atoms with E-state index in [1.165, 1.54) is 11.1 Å². The molecule has 0 atom stereocenters. The van der Waals surface area contributed by atoms with Gasteiger partial charge in [-0.15, -0.1) is 0 Å². The first kappa shape index (κ1) is 27.1. The van der Waals surface area contributed by atoms with Crippen molar-refractivity contribution < 1.29 is 14.3 Å². The summed E-state index contributed by atoms with van der Waals surface area (Å²) in [4.78, 5) is 25.8. The number of nitrogens with one attached hydrogen (secondary N) is 2. The first-order valence-corrected chi connectivity index (χ1v) is 13.3. The van der Waals surface area contributed by atoms with Crippen molar-refractivity contribution in [2.45, 2.75) is 32.6 Å². The maximum atomic E-state index is 13.1. The third kappa shape index (κ3) is 7.33. The maximum Gasteiger partial charge on any atom is 0.259 e. The zero-order chi connectivity index (χ0) is 27.1. The number of rotatable bonds is 8. The van der Waals surface area contributed by atoms with Gasteiger partial charge in [-0.2, -0.15) is 0 Å². The molecule has 4 aromatic carbocycles. The van der Waals surface area contributed by atoms with Crippen LogP contribution in [0, 0.1) is 0 Å². The van der Waals surface area contributed by atoms with Crippen LogP contribution in [0.25, 0.3) is 0 Å². The molecular weight excluding hydrogens is 540 g/mol. The minimum absolute atomic E-state index is 0.0279. The summed E-state index contributed by atoms with van der Waals surface area (Å²) in [6, 6.07) is 30.1. The molecule has 6 heteroatoms. The molecular formula is C32H31BrN2O3. The Balaban J connectivity index is 1.37.